The molecule has 0 aliphatic carbocycles. The van der Waals surface area contributed by atoms with E-state index >= 15 is 0 Å². The summed E-state index contributed by atoms with van der Waals surface area (Å²) in [5.41, 5.74) is 6.08. The van der Waals surface area contributed by atoms with Crippen molar-refractivity contribution < 1.29 is 28.0 Å². The highest BCUT2D eigenvalue weighted by molar-refractivity contribution is 7.90. The number of carbonyl (C=O) groups is 2. The maximum atomic E-state index is 12.3. The highest BCUT2D eigenvalue weighted by Crippen LogP contribution is 2.29. The number of hydrogen-bond acceptors (Lipinski definition) is 8. The molecule has 1 unspecified atom stereocenters. The molecule has 1 heterocycles. The van der Waals surface area contributed by atoms with Crippen LogP contribution in [0.25, 0.3) is 0 Å². The second-order valence-electron chi connectivity index (χ2n) is 6.52. The topological polar surface area (TPSA) is 151 Å². The summed E-state index contributed by atoms with van der Waals surface area (Å²) in [5.74, 6) is -2.27. The Morgan fingerprint density at radius 2 is 1.93 bits per heavy atom. The first kappa shape index (κ1) is 21.6. The van der Waals surface area contributed by atoms with Gasteiger partial charge in [-0.15, -0.1) is 0 Å². The van der Waals surface area contributed by atoms with E-state index in [-0.39, 0.29) is 10.5 Å². The molecule has 11 heteroatoms. The van der Waals surface area contributed by atoms with E-state index in [1.807, 2.05) is 4.90 Å². The van der Waals surface area contributed by atoms with Gasteiger partial charge in [0, 0.05) is 24.9 Å². The third kappa shape index (κ3) is 5.67. The van der Waals surface area contributed by atoms with Crippen molar-refractivity contribution >= 4 is 33.4 Å². The fourth-order valence-corrected chi connectivity index (χ4v) is 3.65. The number of amides is 1. The summed E-state index contributed by atoms with van der Waals surface area (Å²) in [6.45, 7) is 2.69. The molecule has 0 aromatic heterocycles. The molecule has 10 nitrogen and oxygen atoms in total. The van der Waals surface area contributed by atoms with Crippen LogP contribution in [-0.2, 0) is 19.5 Å². The molecule has 1 fully saturated rings. The maximum absolute atomic E-state index is 12.3. The van der Waals surface area contributed by atoms with Crippen LogP contribution < -0.4 is 16.0 Å². The first-order chi connectivity index (χ1) is 13.1. The number of nitrogens with one attached hydrogen (secondary N) is 1. The average molecular weight is 412 g/mol. The molecule has 1 aromatic rings. The van der Waals surface area contributed by atoms with Gasteiger partial charge in [0.15, 0.2) is 15.9 Å². The predicted octanol–water partition coefficient (Wildman–Crippen LogP) is -0.0361. The largest absolute Gasteiger partial charge is 0.382 e. The van der Waals surface area contributed by atoms with Crippen molar-refractivity contribution in [2.75, 3.05) is 24.2 Å². The Hall–Kier alpha value is -2.66. The molecule has 2 rings (SSSR count). The highest BCUT2D eigenvalue weighted by atomic mass is 32.2. The van der Waals surface area contributed by atoms with Gasteiger partial charge in [-0.2, -0.15) is 0 Å². The minimum absolute atomic E-state index is 0.0538. The molecular weight excluding hydrogens is 388 g/mol. The second-order valence-corrected chi connectivity index (χ2v) is 8.50. The summed E-state index contributed by atoms with van der Waals surface area (Å²) >= 11 is 0. The molecule has 1 atom stereocenters. The van der Waals surface area contributed by atoms with Gasteiger partial charge in [-0.3, -0.25) is 10.1 Å². The summed E-state index contributed by atoms with van der Waals surface area (Å²) in [4.78, 5) is 29.8. The minimum Gasteiger partial charge on any atom is -0.382 e. The number of aliphatic hydroxyl groups is 1. The van der Waals surface area contributed by atoms with E-state index in [4.69, 9.17) is 10.8 Å². The van der Waals surface area contributed by atoms with Gasteiger partial charge in [-0.25, -0.2) is 13.2 Å². The van der Waals surface area contributed by atoms with Crippen molar-refractivity contribution in [1.82, 2.24) is 5.32 Å². The van der Waals surface area contributed by atoms with Gasteiger partial charge in [-0.1, -0.05) is 0 Å². The number of benzene rings is 1. The number of piperidine rings is 1. The van der Waals surface area contributed by atoms with Gasteiger partial charge < -0.3 is 20.6 Å². The van der Waals surface area contributed by atoms with Crippen molar-refractivity contribution in [1.29, 1.82) is 0 Å². The lowest BCUT2D eigenvalue weighted by atomic mass is 10.1. The number of rotatable bonds is 5. The Morgan fingerprint density at radius 3 is 2.50 bits per heavy atom. The second kappa shape index (κ2) is 9.02. The summed E-state index contributed by atoms with van der Waals surface area (Å²) < 4.78 is 24.5. The SMILES string of the molecule is CC(O)C(=O)ON=C(N)NC(=O)c1ccc(N2CCCCC2)c(S(C)(=O)=O)c1. The van der Waals surface area contributed by atoms with Crippen LogP contribution in [0.4, 0.5) is 5.69 Å². The maximum Gasteiger partial charge on any atom is 0.363 e. The molecule has 28 heavy (non-hydrogen) atoms. The standard InChI is InChI=1S/C17H24N4O6S/c1-11(22)16(24)27-20-17(18)19-15(23)12-6-7-13(14(10-12)28(2,25)26)21-8-4-3-5-9-21/h6-7,10-11,22H,3-5,8-9H2,1-2H3,(H3,18,19,20,23). The number of oxime groups is 1. The number of nitrogens with zero attached hydrogens (tertiary/aromatic N) is 2. The van der Waals surface area contributed by atoms with Crippen molar-refractivity contribution in [3.63, 3.8) is 0 Å². The van der Waals surface area contributed by atoms with Crippen LogP contribution in [0.1, 0.15) is 36.5 Å². The zero-order valence-electron chi connectivity index (χ0n) is 15.7. The van der Waals surface area contributed by atoms with E-state index < -0.39 is 33.8 Å². The van der Waals surface area contributed by atoms with Gasteiger partial charge in [0.1, 0.15) is 0 Å². The fraction of sp³-hybridized carbons (Fsp3) is 0.471. The van der Waals surface area contributed by atoms with Crippen LogP contribution in [0.3, 0.4) is 0 Å². The number of guanidine groups is 1. The van der Waals surface area contributed by atoms with E-state index in [2.05, 4.69) is 15.3 Å². The van der Waals surface area contributed by atoms with Gasteiger partial charge in [0.2, 0.25) is 5.96 Å². The van der Waals surface area contributed by atoms with Crippen LogP contribution in [0.15, 0.2) is 28.3 Å². The van der Waals surface area contributed by atoms with Crippen molar-refractivity contribution in [2.24, 2.45) is 10.9 Å². The first-order valence-corrected chi connectivity index (χ1v) is 10.6. The van der Waals surface area contributed by atoms with Crippen LogP contribution in [0.2, 0.25) is 0 Å². The van der Waals surface area contributed by atoms with E-state index in [1.54, 1.807) is 6.07 Å². The van der Waals surface area contributed by atoms with Gasteiger partial charge in [-0.05, 0) is 49.5 Å². The molecule has 154 valence electrons. The van der Waals surface area contributed by atoms with Crippen LogP contribution in [0.5, 0.6) is 0 Å². The van der Waals surface area contributed by atoms with E-state index in [0.29, 0.717) is 5.69 Å². The predicted molar refractivity (Wildman–Crippen MR) is 102 cm³/mol. The highest BCUT2D eigenvalue weighted by Gasteiger charge is 2.22. The molecule has 0 radical (unpaired) electrons. The zero-order chi connectivity index (χ0) is 20.9. The van der Waals surface area contributed by atoms with Crippen LogP contribution >= 0.6 is 0 Å². The van der Waals surface area contributed by atoms with E-state index in [0.717, 1.165) is 38.6 Å². The molecule has 0 bridgehead atoms. The summed E-state index contributed by atoms with van der Waals surface area (Å²) in [7, 11) is -3.58. The smallest absolute Gasteiger partial charge is 0.363 e. The van der Waals surface area contributed by atoms with Gasteiger partial charge >= 0.3 is 5.97 Å². The van der Waals surface area contributed by atoms with Crippen molar-refractivity contribution in [2.45, 2.75) is 37.2 Å². The number of sulfone groups is 1. The molecule has 1 aliphatic rings. The fourth-order valence-electron chi connectivity index (χ4n) is 2.73. The molecule has 1 amide bonds. The third-order valence-electron chi connectivity index (χ3n) is 4.13. The normalized spacial score (nSPS) is 16.4. The number of aliphatic hydroxyl groups excluding tert-OH is 1. The van der Waals surface area contributed by atoms with Gasteiger partial charge in [0.25, 0.3) is 5.91 Å². The average Bonchev–Trinajstić information content (AvgIpc) is 2.65. The zero-order valence-corrected chi connectivity index (χ0v) is 16.5. The van der Waals surface area contributed by atoms with Crippen molar-refractivity contribution in [3.05, 3.63) is 23.8 Å². The Morgan fingerprint density at radius 1 is 1.29 bits per heavy atom. The lowest BCUT2D eigenvalue weighted by molar-refractivity contribution is -0.152. The Balaban J connectivity index is 2.22. The summed E-state index contributed by atoms with van der Waals surface area (Å²) in [6.07, 6.45) is 2.74. The third-order valence-corrected chi connectivity index (χ3v) is 5.26. The summed E-state index contributed by atoms with van der Waals surface area (Å²) in [5, 5.41) is 14.4. The first-order valence-electron chi connectivity index (χ1n) is 8.72. The Bertz CT molecular complexity index is 876. The number of carbonyl (C=O) groups excluding carboxylic acids is 2. The van der Waals surface area contributed by atoms with E-state index in [9.17, 15) is 18.0 Å². The molecule has 0 saturated carbocycles. The molecule has 1 aromatic carbocycles. The monoisotopic (exact) mass is 412 g/mol. The van der Waals surface area contributed by atoms with Gasteiger partial charge in [0.05, 0.1) is 10.6 Å². The molecule has 1 aliphatic heterocycles. The lowest BCUT2D eigenvalue weighted by Crippen LogP contribution is -2.37. The van der Waals surface area contributed by atoms with Crippen LogP contribution in [-0.4, -0.2) is 56.8 Å². The molecule has 1 saturated heterocycles. The number of hydrogen-bond donors (Lipinski definition) is 3. The molecule has 4 N–H and O–H groups in total. The quantitative estimate of drug-likeness (QED) is 0.264. The summed E-state index contributed by atoms with van der Waals surface area (Å²) in [6, 6.07) is 4.37. The lowest BCUT2D eigenvalue weighted by Gasteiger charge is -2.30. The molecular formula is C17H24N4O6S. The molecule has 0 spiro atoms. The van der Waals surface area contributed by atoms with Crippen molar-refractivity contribution in [3.8, 4) is 0 Å². The Kier molecular flexibility index (Phi) is 6.97. The minimum atomic E-state index is -3.58. The Labute approximate surface area is 163 Å². The number of anilines is 1. The van der Waals surface area contributed by atoms with E-state index in [1.165, 1.54) is 19.1 Å². The van der Waals surface area contributed by atoms with Crippen LogP contribution in [0, 0.1) is 0 Å². The number of nitrogens with two attached hydrogens (primary N) is 1.